The van der Waals surface area contributed by atoms with Crippen LogP contribution in [0.15, 0.2) is 48.5 Å². The Balaban J connectivity index is 1.44. The SMILES string of the molecule is Cc1cccc(N2CCN(C(=O)CNc3ccc(OCCN)cc3)CC2)c1. The number of nitrogens with two attached hydrogens (primary N) is 1. The van der Waals surface area contributed by atoms with Gasteiger partial charge in [-0.1, -0.05) is 12.1 Å². The predicted octanol–water partition coefficient (Wildman–Crippen LogP) is 2.09. The van der Waals surface area contributed by atoms with Gasteiger partial charge in [0.15, 0.2) is 0 Å². The van der Waals surface area contributed by atoms with Crippen LogP contribution < -0.4 is 20.7 Å². The van der Waals surface area contributed by atoms with E-state index in [1.807, 2.05) is 29.2 Å². The van der Waals surface area contributed by atoms with E-state index in [-0.39, 0.29) is 5.91 Å². The molecular weight excluding hydrogens is 340 g/mol. The topological polar surface area (TPSA) is 70.8 Å². The zero-order valence-electron chi connectivity index (χ0n) is 15.9. The summed E-state index contributed by atoms with van der Waals surface area (Å²) in [6.07, 6.45) is 0. The zero-order chi connectivity index (χ0) is 19.1. The molecule has 0 aromatic heterocycles. The van der Waals surface area contributed by atoms with Crippen LogP contribution in [-0.2, 0) is 4.79 Å². The third-order valence-corrected chi connectivity index (χ3v) is 4.68. The van der Waals surface area contributed by atoms with Crippen LogP contribution in [0, 0.1) is 6.92 Å². The van der Waals surface area contributed by atoms with Gasteiger partial charge in [0.25, 0.3) is 0 Å². The fraction of sp³-hybridized carbons (Fsp3) is 0.381. The second-order valence-corrected chi connectivity index (χ2v) is 6.72. The number of hydrogen-bond donors (Lipinski definition) is 2. The van der Waals surface area contributed by atoms with E-state index in [0.717, 1.165) is 37.6 Å². The fourth-order valence-corrected chi connectivity index (χ4v) is 3.17. The van der Waals surface area contributed by atoms with Gasteiger partial charge in [-0.15, -0.1) is 0 Å². The molecule has 1 amide bonds. The first-order valence-electron chi connectivity index (χ1n) is 9.42. The van der Waals surface area contributed by atoms with Gasteiger partial charge in [-0.05, 0) is 48.9 Å². The second kappa shape index (κ2) is 9.28. The highest BCUT2D eigenvalue weighted by molar-refractivity contribution is 5.81. The molecular formula is C21H28N4O2. The van der Waals surface area contributed by atoms with Gasteiger partial charge >= 0.3 is 0 Å². The Hall–Kier alpha value is -2.73. The van der Waals surface area contributed by atoms with Crippen molar-refractivity contribution in [1.29, 1.82) is 0 Å². The number of nitrogens with one attached hydrogen (secondary N) is 1. The van der Waals surface area contributed by atoms with Gasteiger partial charge in [-0.2, -0.15) is 0 Å². The molecule has 1 aliphatic heterocycles. The lowest BCUT2D eigenvalue weighted by molar-refractivity contribution is -0.129. The normalized spacial score (nSPS) is 14.1. The van der Waals surface area contributed by atoms with Crippen LogP contribution in [0.1, 0.15) is 5.56 Å². The molecule has 6 heteroatoms. The molecule has 27 heavy (non-hydrogen) atoms. The Morgan fingerprint density at radius 1 is 1.11 bits per heavy atom. The second-order valence-electron chi connectivity index (χ2n) is 6.72. The molecule has 3 N–H and O–H groups in total. The molecule has 0 atom stereocenters. The van der Waals surface area contributed by atoms with Gasteiger partial charge in [-0.3, -0.25) is 4.79 Å². The minimum atomic E-state index is 0.127. The maximum absolute atomic E-state index is 12.5. The van der Waals surface area contributed by atoms with Crippen molar-refractivity contribution in [3.63, 3.8) is 0 Å². The molecule has 1 aliphatic rings. The maximum atomic E-state index is 12.5. The smallest absolute Gasteiger partial charge is 0.241 e. The molecule has 144 valence electrons. The standard InChI is InChI=1S/C21H28N4O2/c1-17-3-2-4-19(15-17)24-10-12-25(13-11-24)21(26)16-23-18-5-7-20(8-6-18)27-14-9-22/h2-8,15,23H,9-14,16,22H2,1H3. The lowest BCUT2D eigenvalue weighted by Crippen LogP contribution is -2.50. The number of aryl methyl sites for hydroxylation is 1. The van der Waals surface area contributed by atoms with Crippen LogP contribution in [0.25, 0.3) is 0 Å². The number of amides is 1. The number of piperazine rings is 1. The first-order valence-corrected chi connectivity index (χ1v) is 9.42. The van der Waals surface area contributed by atoms with E-state index in [4.69, 9.17) is 10.5 Å². The molecule has 0 spiro atoms. The van der Waals surface area contributed by atoms with Gasteiger partial charge in [0, 0.05) is 44.1 Å². The number of hydrogen-bond acceptors (Lipinski definition) is 5. The lowest BCUT2D eigenvalue weighted by Gasteiger charge is -2.36. The highest BCUT2D eigenvalue weighted by Crippen LogP contribution is 2.18. The Morgan fingerprint density at radius 2 is 1.85 bits per heavy atom. The Labute approximate surface area is 160 Å². The highest BCUT2D eigenvalue weighted by Gasteiger charge is 2.21. The van der Waals surface area contributed by atoms with Crippen molar-refractivity contribution in [3.8, 4) is 5.75 Å². The lowest BCUT2D eigenvalue weighted by atomic mass is 10.2. The molecule has 3 rings (SSSR count). The van der Waals surface area contributed by atoms with Gasteiger partial charge in [-0.25, -0.2) is 0 Å². The molecule has 1 fully saturated rings. The molecule has 2 aromatic carbocycles. The maximum Gasteiger partial charge on any atom is 0.241 e. The van der Waals surface area contributed by atoms with Crippen molar-refractivity contribution >= 4 is 17.3 Å². The van der Waals surface area contributed by atoms with Crippen LogP contribution >= 0.6 is 0 Å². The third kappa shape index (κ3) is 5.37. The van der Waals surface area contributed by atoms with Crippen LogP contribution in [0.4, 0.5) is 11.4 Å². The number of ether oxygens (including phenoxy) is 1. The molecule has 0 radical (unpaired) electrons. The quantitative estimate of drug-likeness (QED) is 0.783. The largest absolute Gasteiger partial charge is 0.492 e. The van der Waals surface area contributed by atoms with Gasteiger partial charge in [0.2, 0.25) is 5.91 Å². The summed E-state index contributed by atoms with van der Waals surface area (Å²) in [7, 11) is 0. The summed E-state index contributed by atoms with van der Waals surface area (Å²) in [6.45, 7) is 6.62. The van der Waals surface area contributed by atoms with Gasteiger partial charge in [0.05, 0.1) is 6.54 Å². The number of carbonyl (C=O) groups excluding carboxylic acids is 1. The van der Waals surface area contributed by atoms with Crippen molar-refractivity contribution in [2.45, 2.75) is 6.92 Å². The molecule has 6 nitrogen and oxygen atoms in total. The van der Waals surface area contributed by atoms with E-state index in [9.17, 15) is 4.79 Å². The summed E-state index contributed by atoms with van der Waals surface area (Å²) in [5, 5.41) is 3.19. The summed E-state index contributed by atoms with van der Waals surface area (Å²) in [6, 6.07) is 16.1. The number of rotatable bonds is 7. The van der Waals surface area contributed by atoms with Crippen molar-refractivity contribution in [1.82, 2.24) is 4.90 Å². The monoisotopic (exact) mass is 368 g/mol. The first kappa shape index (κ1) is 19.0. The van der Waals surface area contributed by atoms with E-state index >= 15 is 0 Å². The summed E-state index contributed by atoms with van der Waals surface area (Å²) < 4.78 is 5.45. The van der Waals surface area contributed by atoms with E-state index in [0.29, 0.717) is 19.7 Å². The van der Waals surface area contributed by atoms with Crippen molar-refractivity contribution < 1.29 is 9.53 Å². The number of carbonyl (C=O) groups is 1. The number of benzene rings is 2. The van der Waals surface area contributed by atoms with Crippen LogP contribution in [0.5, 0.6) is 5.75 Å². The third-order valence-electron chi connectivity index (χ3n) is 4.68. The molecule has 1 heterocycles. The number of anilines is 2. The van der Waals surface area contributed by atoms with E-state index in [1.54, 1.807) is 0 Å². The molecule has 2 aromatic rings. The fourth-order valence-electron chi connectivity index (χ4n) is 3.17. The minimum Gasteiger partial charge on any atom is -0.492 e. The van der Waals surface area contributed by atoms with E-state index in [2.05, 4.69) is 41.4 Å². The summed E-state index contributed by atoms with van der Waals surface area (Å²) in [5.74, 6) is 0.909. The average molecular weight is 368 g/mol. The van der Waals surface area contributed by atoms with Gasteiger partial charge in [0.1, 0.15) is 12.4 Å². The summed E-state index contributed by atoms with van der Waals surface area (Å²) >= 11 is 0. The Kier molecular flexibility index (Phi) is 6.54. The van der Waals surface area contributed by atoms with Crippen molar-refractivity contribution in [3.05, 3.63) is 54.1 Å². The van der Waals surface area contributed by atoms with E-state index in [1.165, 1.54) is 11.3 Å². The molecule has 0 saturated carbocycles. The summed E-state index contributed by atoms with van der Waals surface area (Å²) in [5.41, 5.74) is 8.82. The highest BCUT2D eigenvalue weighted by atomic mass is 16.5. The molecule has 1 saturated heterocycles. The average Bonchev–Trinajstić information content (AvgIpc) is 2.71. The van der Waals surface area contributed by atoms with Crippen molar-refractivity contribution in [2.24, 2.45) is 5.73 Å². The van der Waals surface area contributed by atoms with E-state index < -0.39 is 0 Å². The van der Waals surface area contributed by atoms with Gasteiger partial charge < -0.3 is 25.6 Å². The Morgan fingerprint density at radius 3 is 2.52 bits per heavy atom. The molecule has 0 aliphatic carbocycles. The zero-order valence-corrected chi connectivity index (χ0v) is 15.9. The predicted molar refractivity (Wildman–Crippen MR) is 109 cm³/mol. The molecule has 0 bridgehead atoms. The van der Waals surface area contributed by atoms with Crippen LogP contribution in [-0.4, -0.2) is 56.7 Å². The van der Waals surface area contributed by atoms with Crippen LogP contribution in [0.2, 0.25) is 0 Å². The number of nitrogens with zero attached hydrogens (tertiary/aromatic N) is 2. The minimum absolute atomic E-state index is 0.127. The molecule has 0 unspecified atom stereocenters. The summed E-state index contributed by atoms with van der Waals surface area (Å²) in [4.78, 5) is 16.7. The first-order chi connectivity index (χ1) is 13.2. The van der Waals surface area contributed by atoms with Crippen molar-refractivity contribution in [2.75, 3.05) is 56.1 Å². The van der Waals surface area contributed by atoms with Crippen LogP contribution in [0.3, 0.4) is 0 Å². The Bertz CT molecular complexity index is 740.